The molecule has 0 saturated carbocycles. The third-order valence-electron chi connectivity index (χ3n) is 3.59. The predicted molar refractivity (Wildman–Crippen MR) is 98.1 cm³/mol. The van der Waals surface area contributed by atoms with Crippen molar-refractivity contribution in [1.29, 1.82) is 0 Å². The van der Waals surface area contributed by atoms with Crippen molar-refractivity contribution in [2.24, 2.45) is 0 Å². The number of nitrogen functional groups attached to an aromatic ring is 2. The highest BCUT2D eigenvalue weighted by molar-refractivity contribution is 5.61. The molecule has 4 heteroatoms. The molecule has 116 valence electrons. The van der Waals surface area contributed by atoms with E-state index in [9.17, 15) is 0 Å². The fourth-order valence-corrected chi connectivity index (χ4v) is 2.44. The van der Waals surface area contributed by atoms with Crippen molar-refractivity contribution in [2.45, 2.75) is 6.17 Å². The van der Waals surface area contributed by atoms with Crippen LogP contribution in [0.5, 0.6) is 0 Å². The second kappa shape index (κ2) is 6.75. The monoisotopic (exact) mass is 304 g/mol. The summed E-state index contributed by atoms with van der Waals surface area (Å²) in [4.78, 5) is 0. The van der Waals surface area contributed by atoms with Gasteiger partial charge in [0.2, 0.25) is 0 Å². The SMILES string of the molecule is Nc1ccc(N)c(C(Nc2ccccc2)Nc2ccccc2)c1. The van der Waals surface area contributed by atoms with Crippen LogP contribution in [0, 0.1) is 0 Å². The first-order chi connectivity index (χ1) is 11.2. The number of rotatable bonds is 5. The standard InChI is InChI=1S/C19H20N4/c20-14-11-12-18(21)17(13-14)19(22-15-7-3-1-4-8-15)23-16-9-5-2-6-10-16/h1-13,19,22-23H,20-21H2. The molecule has 0 aliphatic rings. The molecule has 0 spiro atoms. The van der Waals surface area contributed by atoms with Crippen LogP contribution in [0.3, 0.4) is 0 Å². The highest BCUT2D eigenvalue weighted by Crippen LogP contribution is 2.27. The number of hydrogen-bond acceptors (Lipinski definition) is 4. The Labute approximate surface area is 136 Å². The fraction of sp³-hybridized carbons (Fsp3) is 0.0526. The average Bonchev–Trinajstić information content (AvgIpc) is 2.58. The fourth-order valence-electron chi connectivity index (χ4n) is 2.44. The summed E-state index contributed by atoms with van der Waals surface area (Å²) in [5.74, 6) is 0. The molecular formula is C19H20N4. The smallest absolute Gasteiger partial charge is 0.125 e. The van der Waals surface area contributed by atoms with Crippen molar-refractivity contribution in [3.8, 4) is 0 Å². The maximum atomic E-state index is 6.16. The molecule has 4 nitrogen and oxygen atoms in total. The van der Waals surface area contributed by atoms with Crippen molar-refractivity contribution in [1.82, 2.24) is 0 Å². The van der Waals surface area contributed by atoms with E-state index >= 15 is 0 Å². The van der Waals surface area contributed by atoms with Crippen molar-refractivity contribution in [2.75, 3.05) is 22.1 Å². The molecule has 0 aromatic heterocycles. The lowest BCUT2D eigenvalue weighted by atomic mass is 10.1. The van der Waals surface area contributed by atoms with Gasteiger partial charge in [-0.3, -0.25) is 0 Å². The normalized spacial score (nSPS) is 10.5. The number of benzene rings is 3. The maximum absolute atomic E-state index is 6.16. The molecule has 0 bridgehead atoms. The predicted octanol–water partition coefficient (Wildman–Crippen LogP) is 4.07. The second-order valence-electron chi connectivity index (χ2n) is 5.34. The number of para-hydroxylation sites is 2. The van der Waals surface area contributed by atoms with Gasteiger partial charge in [-0.15, -0.1) is 0 Å². The van der Waals surface area contributed by atoms with E-state index in [0.29, 0.717) is 11.4 Å². The van der Waals surface area contributed by atoms with E-state index < -0.39 is 0 Å². The van der Waals surface area contributed by atoms with Crippen molar-refractivity contribution in [3.63, 3.8) is 0 Å². The van der Waals surface area contributed by atoms with Gasteiger partial charge in [-0.25, -0.2) is 0 Å². The zero-order chi connectivity index (χ0) is 16.1. The summed E-state index contributed by atoms with van der Waals surface area (Å²) in [5, 5.41) is 6.93. The highest BCUT2D eigenvalue weighted by atomic mass is 15.1. The summed E-state index contributed by atoms with van der Waals surface area (Å²) < 4.78 is 0. The largest absolute Gasteiger partial charge is 0.399 e. The number of nitrogens with two attached hydrogens (primary N) is 2. The molecule has 0 fully saturated rings. The summed E-state index contributed by atoms with van der Waals surface area (Å²) in [6.45, 7) is 0. The van der Waals surface area contributed by atoms with Crippen LogP contribution in [0.2, 0.25) is 0 Å². The Balaban J connectivity index is 1.94. The quantitative estimate of drug-likeness (QED) is 0.423. The number of nitrogens with one attached hydrogen (secondary N) is 2. The minimum absolute atomic E-state index is 0.191. The molecule has 3 aromatic carbocycles. The van der Waals surface area contributed by atoms with Gasteiger partial charge in [0.25, 0.3) is 0 Å². The van der Waals surface area contributed by atoms with Gasteiger partial charge >= 0.3 is 0 Å². The van der Waals surface area contributed by atoms with Crippen LogP contribution in [-0.4, -0.2) is 0 Å². The Morgan fingerprint density at radius 2 is 1.17 bits per heavy atom. The Kier molecular flexibility index (Phi) is 4.34. The number of hydrogen-bond donors (Lipinski definition) is 4. The summed E-state index contributed by atoms with van der Waals surface area (Å²) in [6.07, 6.45) is -0.191. The zero-order valence-corrected chi connectivity index (χ0v) is 12.7. The lowest BCUT2D eigenvalue weighted by Gasteiger charge is -2.24. The lowest BCUT2D eigenvalue weighted by Crippen LogP contribution is -2.21. The van der Waals surface area contributed by atoms with E-state index in [1.165, 1.54) is 0 Å². The van der Waals surface area contributed by atoms with Crippen LogP contribution in [0.1, 0.15) is 11.7 Å². The molecule has 0 aliphatic carbocycles. The molecule has 0 radical (unpaired) electrons. The summed E-state index contributed by atoms with van der Waals surface area (Å²) >= 11 is 0. The van der Waals surface area contributed by atoms with Gasteiger partial charge in [0.15, 0.2) is 0 Å². The summed E-state index contributed by atoms with van der Waals surface area (Å²) in [6, 6.07) is 25.5. The maximum Gasteiger partial charge on any atom is 0.125 e. The summed E-state index contributed by atoms with van der Waals surface area (Å²) in [5.41, 5.74) is 16.4. The molecule has 0 unspecified atom stereocenters. The van der Waals surface area contributed by atoms with Crippen LogP contribution >= 0.6 is 0 Å². The van der Waals surface area contributed by atoms with E-state index in [1.807, 2.05) is 72.8 Å². The van der Waals surface area contributed by atoms with Crippen molar-refractivity contribution < 1.29 is 0 Å². The first-order valence-electron chi connectivity index (χ1n) is 7.50. The van der Waals surface area contributed by atoms with Gasteiger partial charge in [0.1, 0.15) is 6.17 Å². The molecule has 0 saturated heterocycles. The summed E-state index contributed by atoms with van der Waals surface area (Å²) in [7, 11) is 0. The van der Waals surface area contributed by atoms with Crippen LogP contribution in [0.4, 0.5) is 22.7 Å². The molecule has 23 heavy (non-hydrogen) atoms. The van der Waals surface area contributed by atoms with Crippen LogP contribution < -0.4 is 22.1 Å². The molecule has 6 N–H and O–H groups in total. The third-order valence-corrected chi connectivity index (χ3v) is 3.59. The van der Waals surface area contributed by atoms with Gasteiger partial charge in [0, 0.05) is 28.3 Å². The molecule has 0 amide bonds. The Bertz CT molecular complexity index is 715. The first-order valence-corrected chi connectivity index (χ1v) is 7.50. The van der Waals surface area contributed by atoms with E-state index in [0.717, 1.165) is 16.9 Å². The molecular weight excluding hydrogens is 284 g/mol. The van der Waals surface area contributed by atoms with Crippen LogP contribution in [-0.2, 0) is 0 Å². The Morgan fingerprint density at radius 1 is 0.652 bits per heavy atom. The topological polar surface area (TPSA) is 76.1 Å². The minimum Gasteiger partial charge on any atom is -0.399 e. The average molecular weight is 304 g/mol. The van der Waals surface area contributed by atoms with Gasteiger partial charge < -0.3 is 22.1 Å². The molecule has 0 atom stereocenters. The van der Waals surface area contributed by atoms with E-state index in [4.69, 9.17) is 11.5 Å². The number of anilines is 4. The molecule has 3 aromatic rings. The van der Waals surface area contributed by atoms with Crippen LogP contribution in [0.25, 0.3) is 0 Å². The van der Waals surface area contributed by atoms with Gasteiger partial charge in [-0.05, 0) is 42.5 Å². The highest BCUT2D eigenvalue weighted by Gasteiger charge is 2.14. The van der Waals surface area contributed by atoms with Crippen molar-refractivity contribution >= 4 is 22.7 Å². The third kappa shape index (κ3) is 3.74. The van der Waals surface area contributed by atoms with Gasteiger partial charge in [0.05, 0.1) is 0 Å². The van der Waals surface area contributed by atoms with Gasteiger partial charge in [-0.2, -0.15) is 0 Å². The van der Waals surface area contributed by atoms with E-state index in [1.54, 1.807) is 6.07 Å². The molecule has 0 heterocycles. The van der Waals surface area contributed by atoms with E-state index in [-0.39, 0.29) is 6.17 Å². The van der Waals surface area contributed by atoms with Gasteiger partial charge in [-0.1, -0.05) is 36.4 Å². The molecule has 0 aliphatic heterocycles. The molecule has 3 rings (SSSR count). The second-order valence-corrected chi connectivity index (χ2v) is 5.34. The van der Waals surface area contributed by atoms with E-state index in [2.05, 4.69) is 10.6 Å². The lowest BCUT2D eigenvalue weighted by molar-refractivity contribution is 0.906. The Morgan fingerprint density at radius 3 is 1.70 bits per heavy atom. The Hall–Kier alpha value is -3.14. The van der Waals surface area contributed by atoms with Crippen molar-refractivity contribution in [3.05, 3.63) is 84.4 Å². The zero-order valence-electron chi connectivity index (χ0n) is 12.7. The first kappa shape index (κ1) is 14.8. The van der Waals surface area contributed by atoms with Crippen LogP contribution in [0.15, 0.2) is 78.9 Å². The minimum atomic E-state index is -0.191.